The van der Waals surface area contributed by atoms with Gasteiger partial charge in [0.1, 0.15) is 0 Å². The normalized spacial score (nSPS) is 21.9. The Morgan fingerprint density at radius 2 is 2.00 bits per heavy atom. The Bertz CT molecular complexity index is 186. The van der Waals surface area contributed by atoms with Gasteiger partial charge in [-0.15, -0.1) is 0 Å². The van der Waals surface area contributed by atoms with Gasteiger partial charge >= 0.3 is 5.97 Å². The molecule has 0 radical (unpaired) electrons. The van der Waals surface area contributed by atoms with E-state index >= 15 is 0 Å². The van der Waals surface area contributed by atoms with Gasteiger partial charge in [-0.3, -0.25) is 4.79 Å². The van der Waals surface area contributed by atoms with E-state index in [0.29, 0.717) is 12.5 Å². The number of ether oxygens (including phenoxy) is 1. The highest BCUT2D eigenvalue weighted by molar-refractivity contribution is 5.72. The van der Waals surface area contributed by atoms with Gasteiger partial charge in [-0.1, -0.05) is 19.8 Å². The molecule has 82 valence electrons. The maximum Gasteiger partial charge on any atom is 0.310 e. The fourth-order valence-electron chi connectivity index (χ4n) is 1.72. The highest BCUT2D eigenvalue weighted by Gasteiger charge is 2.21. The van der Waals surface area contributed by atoms with Gasteiger partial charge in [0.15, 0.2) is 0 Å². The zero-order valence-electron chi connectivity index (χ0n) is 9.16. The van der Waals surface area contributed by atoms with Crippen LogP contribution < -0.4 is 5.73 Å². The Hall–Kier alpha value is -0.570. The Kier molecular flexibility index (Phi) is 4.39. The third kappa shape index (κ3) is 3.29. The van der Waals surface area contributed by atoms with Crippen LogP contribution in [0.25, 0.3) is 0 Å². The molecule has 2 N–H and O–H groups in total. The first-order valence-corrected chi connectivity index (χ1v) is 5.53. The number of carbonyl (C=O) groups excluding carboxylic acids is 1. The van der Waals surface area contributed by atoms with Crippen LogP contribution >= 0.6 is 0 Å². The summed E-state index contributed by atoms with van der Waals surface area (Å²) in [5.74, 6) is 0.266. The molecular formula is C11H21NO2. The fourth-order valence-corrected chi connectivity index (χ4v) is 1.72. The molecule has 2 unspecified atom stereocenters. The van der Waals surface area contributed by atoms with Crippen molar-refractivity contribution in [3.63, 3.8) is 0 Å². The molecule has 0 amide bonds. The average Bonchev–Trinajstić information content (AvgIpc) is 2.65. The van der Waals surface area contributed by atoms with Crippen LogP contribution in [0.4, 0.5) is 0 Å². The second-order valence-electron chi connectivity index (χ2n) is 4.43. The summed E-state index contributed by atoms with van der Waals surface area (Å²) in [5, 5.41) is 0. The third-order valence-electron chi connectivity index (χ3n) is 3.10. The summed E-state index contributed by atoms with van der Waals surface area (Å²) in [7, 11) is 0. The van der Waals surface area contributed by atoms with Crippen LogP contribution in [-0.4, -0.2) is 18.6 Å². The first-order chi connectivity index (χ1) is 6.61. The van der Waals surface area contributed by atoms with Gasteiger partial charge in [-0.25, -0.2) is 0 Å². The van der Waals surface area contributed by atoms with Gasteiger partial charge in [0.2, 0.25) is 0 Å². The number of hydrogen-bond acceptors (Lipinski definition) is 3. The molecular weight excluding hydrogens is 178 g/mol. The van der Waals surface area contributed by atoms with Gasteiger partial charge in [-0.2, -0.15) is 0 Å². The monoisotopic (exact) mass is 199 g/mol. The molecule has 0 aromatic heterocycles. The lowest BCUT2D eigenvalue weighted by Gasteiger charge is -2.16. The SMILES string of the molecule is CC(N)C(C)C(=O)OCC1CCCC1. The van der Waals surface area contributed by atoms with Crippen molar-refractivity contribution in [2.24, 2.45) is 17.6 Å². The Balaban J connectivity index is 2.19. The van der Waals surface area contributed by atoms with E-state index in [4.69, 9.17) is 10.5 Å². The van der Waals surface area contributed by atoms with Crippen LogP contribution in [0.2, 0.25) is 0 Å². The van der Waals surface area contributed by atoms with Gasteiger partial charge in [0.05, 0.1) is 12.5 Å². The van der Waals surface area contributed by atoms with E-state index in [9.17, 15) is 4.79 Å². The molecule has 0 aliphatic heterocycles. The minimum Gasteiger partial charge on any atom is -0.465 e. The summed E-state index contributed by atoms with van der Waals surface area (Å²) >= 11 is 0. The van der Waals surface area contributed by atoms with Gasteiger partial charge in [-0.05, 0) is 25.7 Å². The second kappa shape index (κ2) is 5.35. The Morgan fingerprint density at radius 1 is 1.43 bits per heavy atom. The second-order valence-corrected chi connectivity index (χ2v) is 4.43. The highest BCUT2D eigenvalue weighted by Crippen LogP contribution is 2.24. The van der Waals surface area contributed by atoms with E-state index < -0.39 is 0 Å². The van der Waals surface area contributed by atoms with Gasteiger partial charge in [0, 0.05) is 6.04 Å². The van der Waals surface area contributed by atoms with Crippen LogP contribution in [0.5, 0.6) is 0 Å². The van der Waals surface area contributed by atoms with Gasteiger partial charge < -0.3 is 10.5 Å². The molecule has 1 saturated carbocycles. The van der Waals surface area contributed by atoms with Crippen molar-refractivity contribution in [3.05, 3.63) is 0 Å². The Morgan fingerprint density at radius 3 is 2.50 bits per heavy atom. The summed E-state index contributed by atoms with van der Waals surface area (Å²) in [4.78, 5) is 11.4. The maximum absolute atomic E-state index is 11.4. The molecule has 1 fully saturated rings. The standard InChI is InChI=1S/C11H21NO2/c1-8(9(2)12)11(13)14-7-10-5-3-4-6-10/h8-10H,3-7,12H2,1-2H3. The van der Waals surface area contributed by atoms with Crippen LogP contribution in [-0.2, 0) is 9.53 Å². The van der Waals surface area contributed by atoms with Crippen molar-refractivity contribution in [2.75, 3.05) is 6.61 Å². The van der Waals surface area contributed by atoms with Crippen molar-refractivity contribution in [3.8, 4) is 0 Å². The number of esters is 1. The minimum absolute atomic E-state index is 0.119. The summed E-state index contributed by atoms with van der Waals surface area (Å²) in [5.41, 5.74) is 5.62. The molecule has 0 saturated heterocycles. The molecule has 3 nitrogen and oxygen atoms in total. The summed E-state index contributed by atoms with van der Waals surface area (Å²) < 4.78 is 5.23. The zero-order valence-corrected chi connectivity index (χ0v) is 9.16. The lowest BCUT2D eigenvalue weighted by Crippen LogP contribution is -2.32. The van der Waals surface area contributed by atoms with Crippen molar-refractivity contribution >= 4 is 5.97 Å². The van der Waals surface area contributed by atoms with Crippen LogP contribution in [0.3, 0.4) is 0 Å². The molecule has 3 heteroatoms. The lowest BCUT2D eigenvalue weighted by molar-refractivity contribution is -0.149. The van der Waals surface area contributed by atoms with E-state index in [-0.39, 0.29) is 17.9 Å². The fraction of sp³-hybridized carbons (Fsp3) is 0.909. The predicted molar refractivity (Wildman–Crippen MR) is 55.7 cm³/mol. The average molecular weight is 199 g/mol. The van der Waals surface area contributed by atoms with Crippen LogP contribution in [0.1, 0.15) is 39.5 Å². The van der Waals surface area contributed by atoms with Gasteiger partial charge in [0.25, 0.3) is 0 Å². The molecule has 14 heavy (non-hydrogen) atoms. The molecule has 2 atom stereocenters. The van der Waals surface area contributed by atoms with Crippen molar-refractivity contribution in [2.45, 2.75) is 45.6 Å². The van der Waals surface area contributed by atoms with E-state index in [1.807, 2.05) is 13.8 Å². The molecule has 0 aromatic rings. The number of carbonyl (C=O) groups is 1. The maximum atomic E-state index is 11.4. The summed E-state index contributed by atoms with van der Waals surface area (Å²) in [6.45, 7) is 4.25. The van der Waals surface area contributed by atoms with Crippen LogP contribution in [0, 0.1) is 11.8 Å². The molecule has 0 bridgehead atoms. The quantitative estimate of drug-likeness (QED) is 0.701. The number of rotatable bonds is 4. The summed E-state index contributed by atoms with van der Waals surface area (Å²) in [6.07, 6.45) is 4.98. The molecule has 1 aliphatic carbocycles. The number of hydrogen-bond donors (Lipinski definition) is 1. The topological polar surface area (TPSA) is 52.3 Å². The van der Waals surface area contributed by atoms with E-state index in [1.165, 1.54) is 25.7 Å². The van der Waals surface area contributed by atoms with E-state index in [2.05, 4.69) is 0 Å². The summed E-state index contributed by atoms with van der Waals surface area (Å²) in [6, 6.07) is -0.119. The van der Waals surface area contributed by atoms with E-state index in [0.717, 1.165) is 0 Å². The van der Waals surface area contributed by atoms with E-state index in [1.54, 1.807) is 0 Å². The molecule has 1 rings (SSSR count). The highest BCUT2D eigenvalue weighted by atomic mass is 16.5. The smallest absolute Gasteiger partial charge is 0.310 e. The predicted octanol–water partition coefficient (Wildman–Crippen LogP) is 1.70. The molecule has 1 aliphatic rings. The molecule has 0 aromatic carbocycles. The molecule has 0 spiro atoms. The van der Waals surface area contributed by atoms with Crippen molar-refractivity contribution < 1.29 is 9.53 Å². The largest absolute Gasteiger partial charge is 0.465 e. The van der Waals surface area contributed by atoms with Crippen molar-refractivity contribution in [1.82, 2.24) is 0 Å². The first kappa shape index (κ1) is 11.5. The molecule has 0 heterocycles. The van der Waals surface area contributed by atoms with Crippen LogP contribution in [0.15, 0.2) is 0 Å². The first-order valence-electron chi connectivity index (χ1n) is 5.53. The third-order valence-corrected chi connectivity index (χ3v) is 3.10. The Labute approximate surface area is 86.0 Å². The zero-order chi connectivity index (χ0) is 10.6. The number of nitrogens with two attached hydrogens (primary N) is 1. The lowest BCUT2D eigenvalue weighted by atomic mass is 10.1. The van der Waals surface area contributed by atoms with Crippen molar-refractivity contribution in [1.29, 1.82) is 0 Å². The minimum atomic E-state index is -0.184.